The highest BCUT2D eigenvalue weighted by atomic mass is 35.5. The first-order valence-electron chi connectivity index (χ1n) is 7.94. The molecule has 6 heteroatoms. The Morgan fingerprint density at radius 1 is 1.16 bits per heavy atom. The van der Waals surface area contributed by atoms with Crippen LogP contribution in [0.4, 0.5) is 5.69 Å². The fraction of sp³-hybridized carbons (Fsp3) is 0.263. The van der Waals surface area contributed by atoms with Crippen molar-refractivity contribution in [2.45, 2.75) is 26.0 Å². The molecule has 2 rings (SSSR count). The largest absolute Gasteiger partial charge is 0.454 e. The number of carbonyl (C=O) groups excluding carboxylic acids is 1. The number of nitrogens with one attached hydrogen (secondary N) is 2. The quantitative estimate of drug-likeness (QED) is 0.449. The van der Waals surface area contributed by atoms with E-state index < -0.39 is 12.1 Å². The van der Waals surface area contributed by atoms with Gasteiger partial charge < -0.3 is 15.4 Å². The third-order valence-corrected chi connectivity index (χ3v) is 4.06. The van der Waals surface area contributed by atoms with E-state index in [1.54, 1.807) is 0 Å². The molecular weight excluding hydrogens is 356 g/mol. The molecule has 0 radical (unpaired) electrons. The van der Waals surface area contributed by atoms with Crippen LogP contribution in [0.2, 0.25) is 0 Å². The maximum Gasteiger partial charge on any atom is 0.321 e. The van der Waals surface area contributed by atoms with Crippen LogP contribution in [0.5, 0.6) is 0 Å². The van der Waals surface area contributed by atoms with Crippen LogP contribution in [0.1, 0.15) is 24.2 Å². The number of anilines is 1. The van der Waals surface area contributed by atoms with Crippen molar-refractivity contribution in [1.82, 2.24) is 5.32 Å². The van der Waals surface area contributed by atoms with Crippen LogP contribution in [0, 0.1) is 6.92 Å². The summed E-state index contributed by atoms with van der Waals surface area (Å²) < 4.78 is 5.49. The number of hydrogen-bond acceptors (Lipinski definition) is 3. The number of aryl methyl sites for hydroxylation is 1. The lowest BCUT2D eigenvalue weighted by Crippen LogP contribution is -2.41. The highest BCUT2D eigenvalue weighted by molar-refractivity contribution is 7.80. The summed E-state index contributed by atoms with van der Waals surface area (Å²) in [7, 11) is 0. The Hall–Kier alpha value is -2.11. The standard InChI is InChI=1S/C19H21ClN2O2S/c1-13-8-10-16(11-9-13)22-19(25)21-14(2)18(24-17(23)12-20)15-6-4-3-5-7-15/h3-11,14,18H,12H2,1-2H3,(H2,21,22,25). The van der Waals surface area contributed by atoms with E-state index in [0.717, 1.165) is 11.3 Å². The van der Waals surface area contributed by atoms with Crippen molar-refractivity contribution in [1.29, 1.82) is 0 Å². The number of alkyl halides is 1. The second-order valence-electron chi connectivity index (χ2n) is 5.71. The van der Waals surface area contributed by atoms with E-state index in [0.29, 0.717) is 5.11 Å². The molecule has 0 bridgehead atoms. The van der Waals surface area contributed by atoms with Crippen molar-refractivity contribution < 1.29 is 9.53 Å². The average Bonchev–Trinajstić information content (AvgIpc) is 2.62. The van der Waals surface area contributed by atoms with E-state index in [1.165, 1.54) is 5.56 Å². The van der Waals surface area contributed by atoms with E-state index in [4.69, 9.17) is 28.6 Å². The predicted molar refractivity (Wildman–Crippen MR) is 106 cm³/mol. The van der Waals surface area contributed by atoms with Gasteiger partial charge in [0.05, 0.1) is 6.04 Å². The number of carbonyl (C=O) groups is 1. The molecule has 2 aromatic carbocycles. The Kier molecular flexibility index (Phi) is 7.22. The SMILES string of the molecule is Cc1ccc(NC(=S)NC(C)C(OC(=O)CCl)c2ccccc2)cc1. The van der Waals surface area contributed by atoms with Crippen molar-refractivity contribution in [2.75, 3.05) is 11.2 Å². The number of benzene rings is 2. The summed E-state index contributed by atoms with van der Waals surface area (Å²) in [6, 6.07) is 17.2. The number of ether oxygens (including phenoxy) is 1. The van der Waals surface area contributed by atoms with Crippen molar-refractivity contribution >= 4 is 40.6 Å². The monoisotopic (exact) mass is 376 g/mol. The smallest absolute Gasteiger partial charge is 0.321 e. The Morgan fingerprint density at radius 3 is 2.40 bits per heavy atom. The van der Waals surface area contributed by atoms with Gasteiger partial charge in [0.2, 0.25) is 0 Å². The molecule has 25 heavy (non-hydrogen) atoms. The summed E-state index contributed by atoms with van der Waals surface area (Å²) >= 11 is 10.9. The minimum absolute atomic E-state index is 0.192. The fourth-order valence-corrected chi connectivity index (χ4v) is 2.73. The van der Waals surface area contributed by atoms with Gasteiger partial charge in [-0.1, -0.05) is 48.0 Å². The number of hydrogen-bond donors (Lipinski definition) is 2. The predicted octanol–water partition coefficient (Wildman–Crippen LogP) is 4.19. The first kappa shape index (κ1) is 19.2. The Morgan fingerprint density at radius 2 is 1.80 bits per heavy atom. The first-order chi connectivity index (χ1) is 12.0. The molecule has 0 aliphatic rings. The van der Waals surface area contributed by atoms with Crippen LogP contribution in [0.3, 0.4) is 0 Å². The summed E-state index contributed by atoms with van der Waals surface area (Å²) in [5.41, 5.74) is 2.94. The van der Waals surface area contributed by atoms with E-state index in [1.807, 2.05) is 68.4 Å². The van der Waals surface area contributed by atoms with Crippen LogP contribution in [-0.4, -0.2) is 23.0 Å². The second kappa shape index (κ2) is 9.39. The minimum Gasteiger partial charge on any atom is -0.454 e. The van der Waals surface area contributed by atoms with Gasteiger partial charge in [-0.05, 0) is 43.8 Å². The van der Waals surface area contributed by atoms with Gasteiger partial charge in [-0.25, -0.2) is 0 Å². The molecule has 0 aromatic heterocycles. The molecule has 0 spiro atoms. The van der Waals surface area contributed by atoms with E-state index in [9.17, 15) is 4.79 Å². The topological polar surface area (TPSA) is 50.4 Å². The lowest BCUT2D eigenvalue weighted by Gasteiger charge is -2.26. The van der Waals surface area contributed by atoms with Gasteiger partial charge in [-0.15, -0.1) is 11.6 Å². The van der Waals surface area contributed by atoms with Crippen LogP contribution in [0.25, 0.3) is 0 Å². The molecule has 0 amide bonds. The number of esters is 1. The van der Waals surface area contributed by atoms with Gasteiger partial charge in [0.1, 0.15) is 12.0 Å². The zero-order chi connectivity index (χ0) is 18.2. The lowest BCUT2D eigenvalue weighted by molar-refractivity contribution is -0.147. The zero-order valence-electron chi connectivity index (χ0n) is 14.2. The second-order valence-corrected chi connectivity index (χ2v) is 6.38. The van der Waals surface area contributed by atoms with Gasteiger partial charge >= 0.3 is 5.97 Å². The van der Waals surface area contributed by atoms with Crippen LogP contribution < -0.4 is 10.6 Å². The van der Waals surface area contributed by atoms with Crippen molar-refractivity contribution in [3.05, 3.63) is 65.7 Å². The number of halogens is 1. The Bertz CT molecular complexity index is 707. The van der Waals surface area contributed by atoms with Gasteiger partial charge in [0.15, 0.2) is 5.11 Å². The van der Waals surface area contributed by atoms with Gasteiger partial charge in [-0.2, -0.15) is 0 Å². The molecule has 2 aromatic rings. The fourth-order valence-electron chi connectivity index (χ4n) is 2.36. The molecule has 0 heterocycles. The van der Waals surface area contributed by atoms with Gasteiger partial charge in [-0.3, -0.25) is 4.79 Å². The van der Waals surface area contributed by atoms with E-state index in [-0.39, 0.29) is 11.9 Å². The molecule has 0 fully saturated rings. The highest BCUT2D eigenvalue weighted by Gasteiger charge is 2.24. The van der Waals surface area contributed by atoms with Crippen LogP contribution in [0.15, 0.2) is 54.6 Å². The van der Waals surface area contributed by atoms with Gasteiger partial charge in [0, 0.05) is 5.69 Å². The van der Waals surface area contributed by atoms with Crippen molar-refractivity contribution in [2.24, 2.45) is 0 Å². The summed E-state index contributed by atoms with van der Waals surface area (Å²) in [5, 5.41) is 6.76. The molecule has 4 nitrogen and oxygen atoms in total. The number of rotatable bonds is 6. The molecule has 0 aliphatic heterocycles. The normalized spacial score (nSPS) is 12.8. The average molecular weight is 377 g/mol. The molecular formula is C19H21ClN2O2S. The summed E-state index contributed by atoms with van der Waals surface area (Å²) in [4.78, 5) is 11.7. The maximum atomic E-state index is 11.7. The maximum absolute atomic E-state index is 11.7. The van der Waals surface area contributed by atoms with Crippen LogP contribution in [-0.2, 0) is 9.53 Å². The first-order valence-corrected chi connectivity index (χ1v) is 8.88. The Balaban J connectivity index is 2.05. The van der Waals surface area contributed by atoms with E-state index >= 15 is 0 Å². The lowest BCUT2D eigenvalue weighted by atomic mass is 10.0. The Labute approximate surface area is 158 Å². The summed E-state index contributed by atoms with van der Waals surface area (Å²) in [6.45, 7) is 3.93. The molecule has 2 N–H and O–H groups in total. The number of thiocarbonyl (C=S) groups is 1. The molecule has 0 aliphatic carbocycles. The molecule has 2 atom stereocenters. The van der Waals surface area contributed by atoms with Crippen molar-refractivity contribution in [3.63, 3.8) is 0 Å². The molecule has 2 unspecified atom stereocenters. The molecule has 132 valence electrons. The minimum atomic E-state index is -0.495. The van der Waals surface area contributed by atoms with Crippen molar-refractivity contribution in [3.8, 4) is 0 Å². The van der Waals surface area contributed by atoms with Gasteiger partial charge in [0.25, 0.3) is 0 Å². The molecule has 0 saturated carbocycles. The van der Waals surface area contributed by atoms with Crippen LogP contribution >= 0.6 is 23.8 Å². The highest BCUT2D eigenvalue weighted by Crippen LogP contribution is 2.22. The third-order valence-electron chi connectivity index (χ3n) is 3.62. The summed E-state index contributed by atoms with van der Waals surface area (Å²) in [5.74, 6) is -0.663. The zero-order valence-corrected chi connectivity index (χ0v) is 15.7. The summed E-state index contributed by atoms with van der Waals surface area (Å²) in [6.07, 6.45) is -0.495. The van der Waals surface area contributed by atoms with E-state index in [2.05, 4.69) is 10.6 Å². The third kappa shape index (κ3) is 6.03. The molecule has 0 saturated heterocycles.